The summed E-state index contributed by atoms with van der Waals surface area (Å²) in [5.74, 6) is 0. The summed E-state index contributed by atoms with van der Waals surface area (Å²) in [6.07, 6.45) is 0. The number of hydrogen-bond acceptors (Lipinski definition) is 3. The first kappa shape index (κ1) is 7.94. The fourth-order valence-corrected chi connectivity index (χ4v) is 0.247. The molecule has 0 bridgehead atoms. The van der Waals surface area contributed by atoms with E-state index in [1.807, 2.05) is 0 Å². The molecule has 0 rings (SSSR count). The first-order valence-electron chi connectivity index (χ1n) is 2.17. The lowest BCUT2D eigenvalue weighted by atomic mass is 10.2. The Morgan fingerprint density at radius 1 is 1.38 bits per heavy atom. The molecule has 0 aromatic carbocycles. The largest absolute Gasteiger partial charge is 0.640 e. The van der Waals surface area contributed by atoms with Crippen molar-refractivity contribution in [2.24, 2.45) is 0 Å². The van der Waals surface area contributed by atoms with Crippen molar-refractivity contribution in [2.45, 2.75) is 6.92 Å². The minimum Gasteiger partial charge on any atom is -0.386 e. The Labute approximate surface area is 50.1 Å². The lowest BCUT2D eigenvalue weighted by molar-refractivity contribution is 0.169. The molecule has 0 aliphatic rings. The molecule has 0 aromatic heterocycles. The topological polar surface area (TPSA) is 27.7 Å². The third-order valence-corrected chi connectivity index (χ3v) is 0.525. The van der Waals surface area contributed by atoms with Gasteiger partial charge in [0.25, 0.3) is 0 Å². The van der Waals surface area contributed by atoms with Gasteiger partial charge in [-0.3, -0.25) is 0 Å². The van der Waals surface area contributed by atoms with Crippen LogP contribution in [-0.4, -0.2) is 13.9 Å². The predicted molar refractivity (Wildman–Crippen MR) is 28.1 cm³/mol. The Morgan fingerprint density at radius 3 is 2.00 bits per heavy atom. The highest BCUT2D eigenvalue weighted by Gasteiger charge is 2.15. The maximum Gasteiger partial charge on any atom is 0.640 e. The molecule has 0 aromatic rings. The molecule has 3 nitrogen and oxygen atoms in total. The van der Waals surface area contributed by atoms with Gasteiger partial charge in [-0.25, -0.2) is 0 Å². The fraction of sp³-hybridized carbons (Fsp3) is 0.500. The molecule has 0 heterocycles. The summed E-state index contributed by atoms with van der Waals surface area (Å²) in [4.78, 5) is 0. The average Bonchev–Trinajstić information content (AvgIpc) is 1.83. The van der Waals surface area contributed by atoms with Crippen LogP contribution in [0.4, 0.5) is 0 Å². The number of hydrogen-bond donors (Lipinski definition) is 0. The van der Waals surface area contributed by atoms with Crippen molar-refractivity contribution >= 4 is 7.32 Å². The van der Waals surface area contributed by atoms with E-state index in [9.17, 15) is 0 Å². The second-order valence-electron chi connectivity index (χ2n) is 1.02. The van der Waals surface area contributed by atoms with E-state index in [0.717, 1.165) is 0 Å². The predicted octanol–water partition coefficient (Wildman–Crippen LogP) is 0.378. The van der Waals surface area contributed by atoms with Crippen molar-refractivity contribution in [1.29, 1.82) is 0 Å². The van der Waals surface area contributed by atoms with E-state index in [1.54, 1.807) is 6.92 Å². The van der Waals surface area contributed by atoms with Crippen molar-refractivity contribution in [1.82, 2.24) is 0 Å². The molecule has 0 unspecified atom stereocenters. The lowest BCUT2D eigenvalue weighted by Crippen LogP contribution is -2.21. The third kappa shape index (κ3) is 3.01. The highest BCUT2D eigenvalue weighted by molar-refractivity contribution is 6.36. The summed E-state index contributed by atoms with van der Waals surface area (Å²) < 4.78 is 12.8. The first-order chi connectivity index (χ1) is 3.85. The standard InChI is InChI=1S/C4H7BO3/c1-4-8-5(6-2)7-3/h2-3H,4H2,1H3. The second kappa shape index (κ2) is 5.09. The van der Waals surface area contributed by atoms with Crippen molar-refractivity contribution in [2.75, 3.05) is 6.61 Å². The quantitative estimate of drug-likeness (QED) is 0.494. The molecule has 0 aliphatic heterocycles. The van der Waals surface area contributed by atoms with E-state index in [4.69, 9.17) is 0 Å². The first-order valence-corrected chi connectivity index (χ1v) is 2.17. The van der Waals surface area contributed by atoms with E-state index in [0.29, 0.717) is 6.61 Å². The van der Waals surface area contributed by atoms with Crippen molar-refractivity contribution in [3.05, 3.63) is 14.2 Å². The molecule has 4 heteroatoms. The van der Waals surface area contributed by atoms with Crippen LogP contribution in [0.3, 0.4) is 0 Å². The monoisotopic (exact) mass is 114 g/mol. The smallest absolute Gasteiger partial charge is 0.386 e. The zero-order valence-electron chi connectivity index (χ0n) is 4.66. The molecular weight excluding hydrogens is 107 g/mol. The normalized spacial score (nSPS) is 9.38. The van der Waals surface area contributed by atoms with Gasteiger partial charge >= 0.3 is 7.32 Å². The van der Waals surface area contributed by atoms with Gasteiger partial charge in [0, 0.05) is 6.61 Å². The molecule has 0 amide bonds. The summed E-state index contributed by atoms with van der Waals surface area (Å²) in [6, 6.07) is 0. The summed E-state index contributed by atoms with van der Waals surface area (Å²) in [5, 5.41) is 0. The van der Waals surface area contributed by atoms with Gasteiger partial charge in [0.2, 0.25) is 0 Å². The van der Waals surface area contributed by atoms with Crippen LogP contribution in [0.25, 0.3) is 0 Å². The van der Waals surface area contributed by atoms with Crippen LogP contribution < -0.4 is 0 Å². The molecule has 0 saturated carbocycles. The number of rotatable bonds is 4. The van der Waals surface area contributed by atoms with Crippen LogP contribution in [0.15, 0.2) is 0 Å². The zero-order valence-corrected chi connectivity index (χ0v) is 4.66. The minimum absolute atomic E-state index is 0.444. The second-order valence-corrected chi connectivity index (χ2v) is 1.02. The van der Waals surface area contributed by atoms with Gasteiger partial charge in [0.1, 0.15) is 0 Å². The van der Waals surface area contributed by atoms with Crippen molar-refractivity contribution < 1.29 is 14.0 Å². The average molecular weight is 114 g/mol. The summed E-state index contributed by atoms with van der Waals surface area (Å²) in [6.45, 7) is 2.21. The van der Waals surface area contributed by atoms with Crippen LogP contribution >= 0.6 is 0 Å². The maximum absolute atomic E-state index is 4.65. The lowest BCUT2D eigenvalue weighted by Gasteiger charge is -2.03. The van der Waals surface area contributed by atoms with Gasteiger partial charge in [0.15, 0.2) is 0 Å². The van der Waals surface area contributed by atoms with Gasteiger partial charge in [0.05, 0.1) is 14.2 Å². The molecule has 8 heavy (non-hydrogen) atoms. The van der Waals surface area contributed by atoms with Gasteiger partial charge in [-0.15, -0.1) is 0 Å². The molecule has 0 atom stereocenters. The Bertz CT molecular complexity index is 46.5. The van der Waals surface area contributed by atoms with Crippen LogP contribution in [-0.2, 0) is 14.0 Å². The molecule has 0 aliphatic carbocycles. The van der Waals surface area contributed by atoms with E-state index >= 15 is 0 Å². The Morgan fingerprint density at radius 2 is 1.88 bits per heavy atom. The molecule has 0 saturated heterocycles. The molecule has 0 N–H and O–H groups in total. The molecule has 4 radical (unpaired) electrons. The van der Waals surface area contributed by atoms with Crippen LogP contribution in [0, 0.1) is 14.2 Å². The SMILES string of the molecule is [CH]OB(O[CH])OCC. The summed E-state index contributed by atoms with van der Waals surface area (Å²) >= 11 is 0. The van der Waals surface area contributed by atoms with Crippen LogP contribution in [0.2, 0.25) is 0 Å². The van der Waals surface area contributed by atoms with Gasteiger partial charge in [-0.05, 0) is 6.92 Å². The van der Waals surface area contributed by atoms with Gasteiger partial charge in [-0.1, -0.05) is 0 Å². The van der Waals surface area contributed by atoms with Crippen LogP contribution in [0.1, 0.15) is 6.92 Å². The summed E-state index contributed by atoms with van der Waals surface area (Å²) in [5.41, 5.74) is 0. The van der Waals surface area contributed by atoms with Gasteiger partial charge in [-0.2, -0.15) is 0 Å². The van der Waals surface area contributed by atoms with E-state index < -0.39 is 7.32 Å². The Balaban J connectivity index is 3.07. The van der Waals surface area contributed by atoms with Crippen molar-refractivity contribution in [3.8, 4) is 0 Å². The fourth-order valence-electron chi connectivity index (χ4n) is 0.247. The molecule has 44 valence electrons. The highest BCUT2D eigenvalue weighted by atomic mass is 16.7. The highest BCUT2D eigenvalue weighted by Crippen LogP contribution is 1.87. The van der Waals surface area contributed by atoms with Crippen LogP contribution in [0.5, 0.6) is 0 Å². The third-order valence-electron chi connectivity index (χ3n) is 0.525. The van der Waals surface area contributed by atoms with Crippen molar-refractivity contribution in [3.63, 3.8) is 0 Å². The molecule has 0 fully saturated rings. The Kier molecular flexibility index (Phi) is 5.05. The Hall–Kier alpha value is -0.0551. The summed E-state index contributed by atoms with van der Waals surface area (Å²) in [7, 11) is 8.33. The zero-order chi connectivity index (χ0) is 6.41. The van der Waals surface area contributed by atoms with E-state index in [1.165, 1.54) is 0 Å². The van der Waals surface area contributed by atoms with E-state index in [-0.39, 0.29) is 0 Å². The minimum atomic E-state index is -0.944. The molecule has 0 spiro atoms. The maximum atomic E-state index is 4.65. The molecular formula is C4H7BO3. The van der Waals surface area contributed by atoms with Gasteiger partial charge < -0.3 is 14.0 Å². The van der Waals surface area contributed by atoms with E-state index in [2.05, 4.69) is 28.2 Å².